The van der Waals surface area contributed by atoms with Crippen LogP contribution in [0.2, 0.25) is 0 Å². The Morgan fingerprint density at radius 1 is 0.842 bits per heavy atom. The highest BCUT2D eigenvalue weighted by atomic mass is 16.5. The minimum atomic E-state index is 0.676. The van der Waals surface area contributed by atoms with Crippen molar-refractivity contribution in [1.29, 1.82) is 0 Å². The largest absolute Gasteiger partial charge is 0.497 e. The van der Waals surface area contributed by atoms with Gasteiger partial charge < -0.3 is 19.9 Å². The van der Waals surface area contributed by atoms with Crippen LogP contribution in [0.25, 0.3) is 0 Å². The third-order valence-corrected chi connectivity index (χ3v) is 2.75. The van der Waals surface area contributed by atoms with Crippen molar-refractivity contribution in [2.45, 2.75) is 25.7 Å². The van der Waals surface area contributed by atoms with Gasteiger partial charge in [-0.25, -0.2) is 0 Å². The van der Waals surface area contributed by atoms with Gasteiger partial charge in [0, 0.05) is 19.6 Å². The summed E-state index contributed by atoms with van der Waals surface area (Å²) in [5.41, 5.74) is 5.42. The molecule has 0 saturated heterocycles. The van der Waals surface area contributed by atoms with Crippen molar-refractivity contribution in [3.63, 3.8) is 0 Å². The van der Waals surface area contributed by atoms with Gasteiger partial charge in [0.1, 0.15) is 11.5 Å². The van der Waals surface area contributed by atoms with E-state index in [2.05, 4.69) is 0 Å². The number of hydrogen-bond acceptors (Lipinski definition) is 4. The second-order valence-electron chi connectivity index (χ2n) is 4.34. The molecule has 0 unspecified atom stereocenters. The number of benzene rings is 1. The van der Waals surface area contributed by atoms with Gasteiger partial charge in [-0.1, -0.05) is 0 Å². The maximum Gasteiger partial charge on any atom is 0.119 e. The van der Waals surface area contributed by atoms with Gasteiger partial charge in [-0.05, 0) is 50.1 Å². The third kappa shape index (κ3) is 7.70. The highest BCUT2D eigenvalue weighted by molar-refractivity contribution is 5.31. The Morgan fingerprint density at radius 3 is 2.21 bits per heavy atom. The highest BCUT2D eigenvalue weighted by Gasteiger charge is 1.95. The average molecular weight is 267 g/mol. The fourth-order valence-electron chi connectivity index (χ4n) is 1.65. The van der Waals surface area contributed by atoms with Crippen molar-refractivity contribution in [2.75, 3.05) is 33.5 Å². The molecule has 0 radical (unpaired) electrons. The maximum atomic E-state index is 5.60. The van der Waals surface area contributed by atoms with Gasteiger partial charge in [0.2, 0.25) is 0 Å². The second-order valence-corrected chi connectivity index (χ2v) is 4.34. The molecule has 0 aliphatic heterocycles. The molecule has 0 aliphatic carbocycles. The van der Waals surface area contributed by atoms with Gasteiger partial charge in [-0.2, -0.15) is 0 Å². The van der Waals surface area contributed by atoms with E-state index in [9.17, 15) is 0 Å². The van der Waals surface area contributed by atoms with Gasteiger partial charge in [0.25, 0.3) is 0 Å². The zero-order valence-electron chi connectivity index (χ0n) is 11.8. The number of ether oxygens (including phenoxy) is 3. The number of unbranched alkanes of at least 4 members (excludes halogenated alkanes) is 2. The van der Waals surface area contributed by atoms with Gasteiger partial charge in [0.15, 0.2) is 0 Å². The molecule has 0 atom stereocenters. The van der Waals surface area contributed by atoms with E-state index in [1.165, 1.54) is 0 Å². The third-order valence-electron chi connectivity index (χ3n) is 2.75. The number of rotatable bonds is 11. The normalized spacial score (nSPS) is 10.4. The van der Waals surface area contributed by atoms with Crippen LogP contribution in [0.1, 0.15) is 25.7 Å². The van der Waals surface area contributed by atoms with Crippen molar-refractivity contribution in [1.82, 2.24) is 0 Å². The Labute approximate surface area is 115 Å². The summed E-state index contributed by atoms with van der Waals surface area (Å²) in [4.78, 5) is 0. The first-order valence-corrected chi connectivity index (χ1v) is 6.91. The molecule has 2 N–H and O–H groups in total. The fourth-order valence-corrected chi connectivity index (χ4v) is 1.65. The Hall–Kier alpha value is -1.26. The molecule has 0 aliphatic rings. The van der Waals surface area contributed by atoms with Crippen molar-refractivity contribution in [3.8, 4) is 11.5 Å². The van der Waals surface area contributed by atoms with Gasteiger partial charge in [0.05, 0.1) is 13.7 Å². The van der Waals surface area contributed by atoms with E-state index < -0.39 is 0 Å². The lowest BCUT2D eigenvalue weighted by Gasteiger charge is -2.07. The van der Waals surface area contributed by atoms with E-state index in [1.54, 1.807) is 7.11 Å². The topological polar surface area (TPSA) is 53.7 Å². The quantitative estimate of drug-likeness (QED) is 0.626. The summed E-state index contributed by atoms with van der Waals surface area (Å²) >= 11 is 0. The lowest BCUT2D eigenvalue weighted by atomic mass is 10.2. The summed E-state index contributed by atoms with van der Waals surface area (Å²) in [5, 5.41) is 0. The monoisotopic (exact) mass is 267 g/mol. The molecular formula is C15H25NO3. The predicted molar refractivity (Wildman–Crippen MR) is 76.8 cm³/mol. The predicted octanol–water partition coefficient (Wildman–Crippen LogP) is 2.61. The molecule has 1 aromatic rings. The van der Waals surface area contributed by atoms with E-state index in [0.717, 1.165) is 56.9 Å². The molecule has 19 heavy (non-hydrogen) atoms. The Bertz CT molecular complexity index is 314. The van der Waals surface area contributed by atoms with E-state index in [-0.39, 0.29) is 0 Å². The molecule has 0 aromatic heterocycles. The first kappa shape index (κ1) is 15.8. The lowest BCUT2D eigenvalue weighted by Crippen LogP contribution is -2.04. The molecule has 0 amide bonds. The summed E-state index contributed by atoms with van der Waals surface area (Å²) in [6.07, 6.45) is 4.24. The van der Waals surface area contributed by atoms with E-state index in [0.29, 0.717) is 6.61 Å². The average Bonchev–Trinajstić information content (AvgIpc) is 2.46. The molecule has 0 fully saturated rings. The van der Waals surface area contributed by atoms with Crippen LogP contribution in [0.4, 0.5) is 0 Å². The van der Waals surface area contributed by atoms with E-state index in [1.807, 2.05) is 24.3 Å². The van der Waals surface area contributed by atoms with Gasteiger partial charge in [-0.3, -0.25) is 0 Å². The van der Waals surface area contributed by atoms with Crippen LogP contribution >= 0.6 is 0 Å². The molecule has 1 aromatic carbocycles. The Kier molecular flexibility index (Phi) is 8.85. The first-order chi connectivity index (χ1) is 9.36. The maximum absolute atomic E-state index is 5.60. The number of nitrogens with two attached hydrogens (primary N) is 1. The first-order valence-electron chi connectivity index (χ1n) is 6.91. The van der Waals surface area contributed by atoms with Gasteiger partial charge >= 0.3 is 0 Å². The second kappa shape index (κ2) is 10.6. The lowest BCUT2D eigenvalue weighted by molar-refractivity contribution is 0.116. The Morgan fingerprint density at radius 2 is 1.53 bits per heavy atom. The molecule has 108 valence electrons. The number of methoxy groups -OCH3 is 1. The zero-order valence-corrected chi connectivity index (χ0v) is 11.8. The van der Waals surface area contributed by atoms with Crippen molar-refractivity contribution in [2.24, 2.45) is 5.73 Å². The SMILES string of the molecule is COc1ccc(OCCCOCCCCCN)cc1. The molecule has 0 spiro atoms. The molecule has 1 rings (SSSR count). The molecule has 0 heterocycles. The summed E-state index contributed by atoms with van der Waals surface area (Å²) in [6.45, 7) is 3.02. The van der Waals surface area contributed by atoms with Crippen LogP contribution in [-0.4, -0.2) is 33.5 Å². The molecule has 4 heteroatoms. The Balaban J connectivity index is 1.95. The molecule has 0 bridgehead atoms. The van der Waals surface area contributed by atoms with Crippen molar-refractivity contribution >= 4 is 0 Å². The molecular weight excluding hydrogens is 242 g/mol. The molecule has 0 saturated carbocycles. The minimum absolute atomic E-state index is 0.676. The van der Waals surface area contributed by atoms with Crippen LogP contribution < -0.4 is 15.2 Å². The summed E-state index contributed by atoms with van der Waals surface area (Å²) in [6, 6.07) is 7.60. The minimum Gasteiger partial charge on any atom is -0.497 e. The summed E-state index contributed by atoms with van der Waals surface area (Å²) < 4.78 is 16.2. The highest BCUT2D eigenvalue weighted by Crippen LogP contribution is 2.16. The van der Waals surface area contributed by atoms with Crippen molar-refractivity contribution in [3.05, 3.63) is 24.3 Å². The van der Waals surface area contributed by atoms with Crippen LogP contribution in [-0.2, 0) is 4.74 Å². The molecule has 4 nitrogen and oxygen atoms in total. The van der Waals surface area contributed by atoms with E-state index >= 15 is 0 Å². The smallest absolute Gasteiger partial charge is 0.119 e. The fraction of sp³-hybridized carbons (Fsp3) is 0.600. The van der Waals surface area contributed by atoms with Crippen LogP contribution in [0.3, 0.4) is 0 Å². The van der Waals surface area contributed by atoms with Crippen molar-refractivity contribution < 1.29 is 14.2 Å². The zero-order chi connectivity index (χ0) is 13.8. The van der Waals surface area contributed by atoms with Crippen LogP contribution in [0, 0.1) is 0 Å². The van der Waals surface area contributed by atoms with E-state index in [4.69, 9.17) is 19.9 Å². The van der Waals surface area contributed by atoms with Gasteiger partial charge in [-0.15, -0.1) is 0 Å². The summed E-state index contributed by atoms with van der Waals surface area (Å²) in [5.74, 6) is 1.71. The number of hydrogen-bond donors (Lipinski definition) is 1. The van der Waals surface area contributed by atoms with Crippen LogP contribution in [0.15, 0.2) is 24.3 Å². The summed E-state index contributed by atoms with van der Waals surface area (Å²) in [7, 11) is 1.65. The van der Waals surface area contributed by atoms with Crippen LogP contribution in [0.5, 0.6) is 11.5 Å². The standard InChI is InChI=1S/C15H25NO3/c1-17-14-6-8-15(9-7-14)19-13-5-12-18-11-4-2-3-10-16/h6-9H,2-5,10-13,16H2,1H3.